The number of nitrogens with zero attached hydrogens (tertiary/aromatic N) is 1. The van der Waals surface area contributed by atoms with Gasteiger partial charge in [-0.25, -0.2) is 13.2 Å². The third-order valence-corrected chi connectivity index (χ3v) is 4.92. The Morgan fingerprint density at radius 3 is 2.52 bits per heavy atom. The fraction of sp³-hybridized carbons (Fsp3) is 0.188. The number of para-hydroxylation sites is 1. The Bertz CT molecular complexity index is 924. The van der Waals surface area contributed by atoms with Crippen molar-refractivity contribution in [1.29, 1.82) is 0 Å². The second-order valence-corrected chi connectivity index (χ2v) is 6.70. The third kappa shape index (κ3) is 3.94. The average molecular weight is 364 g/mol. The van der Waals surface area contributed by atoms with E-state index >= 15 is 0 Å². The van der Waals surface area contributed by atoms with Crippen LogP contribution in [0.2, 0.25) is 0 Å². The number of hydrogen-bond donors (Lipinski definition) is 1. The first-order valence-corrected chi connectivity index (χ1v) is 8.76. The molecule has 0 saturated carbocycles. The van der Waals surface area contributed by atoms with Crippen molar-refractivity contribution >= 4 is 27.4 Å². The molecule has 2 aromatic carbocycles. The summed E-state index contributed by atoms with van der Waals surface area (Å²) in [5.74, 6) is -0.795. The van der Waals surface area contributed by atoms with Crippen molar-refractivity contribution in [3.63, 3.8) is 0 Å². The van der Waals surface area contributed by atoms with Crippen molar-refractivity contribution in [2.45, 2.75) is 18.2 Å². The van der Waals surface area contributed by atoms with Gasteiger partial charge in [0.05, 0.1) is 23.3 Å². The molecule has 0 aliphatic carbocycles. The molecule has 25 heavy (non-hydrogen) atoms. The summed E-state index contributed by atoms with van der Waals surface area (Å²) in [5, 5.41) is 11.3. The van der Waals surface area contributed by atoms with Crippen molar-refractivity contribution in [2.75, 3.05) is 11.8 Å². The maximum atomic E-state index is 12.6. The minimum atomic E-state index is -4.21. The van der Waals surface area contributed by atoms with Crippen LogP contribution in [0.5, 0.6) is 0 Å². The van der Waals surface area contributed by atoms with Crippen LogP contribution in [-0.4, -0.2) is 26.4 Å². The zero-order valence-electron chi connectivity index (χ0n) is 13.6. The minimum absolute atomic E-state index is 0.109. The molecular weight excluding hydrogens is 348 g/mol. The number of benzene rings is 2. The third-order valence-electron chi connectivity index (χ3n) is 3.51. The van der Waals surface area contributed by atoms with E-state index in [1.54, 1.807) is 24.3 Å². The van der Waals surface area contributed by atoms with Gasteiger partial charge in [0, 0.05) is 6.07 Å². The number of carbonyl (C=O) groups is 1. The molecule has 1 N–H and O–H groups in total. The monoisotopic (exact) mass is 364 g/mol. The van der Waals surface area contributed by atoms with Crippen molar-refractivity contribution in [1.82, 2.24) is 0 Å². The summed E-state index contributed by atoms with van der Waals surface area (Å²) in [6.45, 7) is 1.86. The summed E-state index contributed by atoms with van der Waals surface area (Å²) in [4.78, 5) is 21.4. The van der Waals surface area contributed by atoms with Crippen LogP contribution >= 0.6 is 0 Å². The van der Waals surface area contributed by atoms with E-state index in [1.807, 2.05) is 6.92 Å². The lowest BCUT2D eigenvalue weighted by Crippen LogP contribution is -2.16. The molecule has 8 nitrogen and oxygen atoms in total. The molecule has 0 atom stereocenters. The molecule has 0 aliphatic rings. The molecule has 9 heteroatoms. The number of nitro groups is 1. The van der Waals surface area contributed by atoms with Crippen LogP contribution in [0, 0.1) is 10.1 Å². The molecule has 2 aromatic rings. The van der Waals surface area contributed by atoms with E-state index in [9.17, 15) is 23.3 Å². The largest absolute Gasteiger partial charge is 0.465 e. The Morgan fingerprint density at radius 1 is 1.24 bits per heavy atom. The fourth-order valence-corrected chi connectivity index (χ4v) is 3.51. The summed E-state index contributed by atoms with van der Waals surface area (Å²) < 4.78 is 32.1. The number of aryl methyl sites for hydroxylation is 1. The molecule has 0 radical (unpaired) electrons. The lowest BCUT2D eigenvalue weighted by Gasteiger charge is -2.12. The second kappa shape index (κ2) is 7.31. The van der Waals surface area contributed by atoms with E-state index < -0.39 is 31.5 Å². The van der Waals surface area contributed by atoms with E-state index in [0.29, 0.717) is 12.1 Å². The molecule has 0 spiro atoms. The molecule has 132 valence electrons. The highest BCUT2D eigenvalue weighted by molar-refractivity contribution is 7.92. The summed E-state index contributed by atoms with van der Waals surface area (Å²) in [6, 6.07) is 9.82. The van der Waals surface area contributed by atoms with E-state index in [1.165, 1.54) is 6.07 Å². The molecule has 0 fully saturated rings. The SMILES string of the molecule is CCc1ccccc1NS(=O)(=O)c1ccc(C(=O)OC)cc1[N+](=O)[O-]. The first-order valence-electron chi connectivity index (χ1n) is 7.27. The second-order valence-electron chi connectivity index (χ2n) is 5.05. The summed E-state index contributed by atoms with van der Waals surface area (Å²) in [6.07, 6.45) is 0.585. The molecule has 0 unspecified atom stereocenters. The average Bonchev–Trinajstić information content (AvgIpc) is 2.60. The van der Waals surface area contributed by atoms with Gasteiger partial charge in [-0.15, -0.1) is 0 Å². The van der Waals surface area contributed by atoms with Gasteiger partial charge >= 0.3 is 5.97 Å². The number of methoxy groups -OCH3 is 1. The number of hydrogen-bond acceptors (Lipinski definition) is 6. The lowest BCUT2D eigenvalue weighted by atomic mass is 10.1. The Morgan fingerprint density at radius 2 is 1.92 bits per heavy atom. The zero-order chi connectivity index (χ0) is 18.6. The lowest BCUT2D eigenvalue weighted by molar-refractivity contribution is -0.387. The summed E-state index contributed by atoms with van der Waals surface area (Å²) in [5.41, 5.74) is 0.280. The normalized spacial score (nSPS) is 11.0. The predicted octanol–water partition coefficient (Wildman–Crippen LogP) is 2.74. The van der Waals surface area contributed by atoms with Gasteiger partial charge in [-0.05, 0) is 30.2 Å². The maximum Gasteiger partial charge on any atom is 0.338 e. The van der Waals surface area contributed by atoms with Gasteiger partial charge in [-0.2, -0.15) is 0 Å². The van der Waals surface area contributed by atoms with Gasteiger partial charge < -0.3 is 4.74 Å². The number of sulfonamides is 1. The van der Waals surface area contributed by atoms with Crippen LogP contribution in [0.4, 0.5) is 11.4 Å². The summed E-state index contributed by atoms with van der Waals surface area (Å²) in [7, 11) is -3.09. The number of ether oxygens (including phenoxy) is 1. The Kier molecular flexibility index (Phi) is 5.38. The minimum Gasteiger partial charge on any atom is -0.465 e. The van der Waals surface area contributed by atoms with Crippen molar-refractivity contribution in [3.05, 3.63) is 63.7 Å². The molecule has 2 rings (SSSR count). The molecule has 0 aromatic heterocycles. The van der Waals surface area contributed by atoms with Crippen LogP contribution in [-0.2, 0) is 21.2 Å². The molecule has 0 heterocycles. The van der Waals surface area contributed by atoms with Gasteiger partial charge in [-0.3, -0.25) is 14.8 Å². The molecular formula is C16H16N2O6S. The van der Waals surface area contributed by atoms with Crippen LogP contribution in [0.1, 0.15) is 22.8 Å². The number of carbonyl (C=O) groups excluding carboxylic acids is 1. The van der Waals surface area contributed by atoms with E-state index in [0.717, 1.165) is 24.8 Å². The van der Waals surface area contributed by atoms with Crippen molar-refractivity contribution in [3.8, 4) is 0 Å². The fourth-order valence-electron chi connectivity index (χ4n) is 2.26. The van der Waals surface area contributed by atoms with Crippen LogP contribution < -0.4 is 4.72 Å². The predicted molar refractivity (Wildman–Crippen MR) is 91.1 cm³/mol. The Labute approximate surface area is 144 Å². The highest BCUT2D eigenvalue weighted by Crippen LogP contribution is 2.28. The van der Waals surface area contributed by atoms with E-state index in [4.69, 9.17) is 0 Å². The van der Waals surface area contributed by atoms with Crippen LogP contribution in [0.15, 0.2) is 47.4 Å². The van der Waals surface area contributed by atoms with Crippen molar-refractivity contribution < 1.29 is 22.9 Å². The number of esters is 1. The Balaban J connectivity index is 2.52. The number of rotatable bonds is 6. The first-order chi connectivity index (χ1) is 11.8. The number of nitro benzene ring substituents is 1. The van der Waals surface area contributed by atoms with Crippen molar-refractivity contribution in [2.24, 2.45) is 0 Å². The van der Waals surface area contributed by atoms with Crippen LogP contribution in [0.25, 0.3) is 0 Å². The highest BCUT2D eigenvalue weighted by Gasteiger charge is 2.28. The smallest absolute Gasteiger partial charge is 0.338 e. The molecule has 0 aliphatic heterocycles. The maximum absolute atomic E-state index is 12.6. The van der Waals surface area contributed by atoms with Gasteiger partial charge in [0.15, 0.2) is 4.90 Å². The highest BCUT2D eigenvalue weighted by atomic mass is 32.2. The molecule has 0 saturated heterocycles. The quantitative estimate of drug-likeness (QED) is 0.479. The van der Waals surface area contributed by atoms with E-state index in [-0.39, 0.29) is 5.56 Å². The first kappa shape index (κ1) is 18.4. The van der Waals surface area contributed by atoms with Gasteiger partial charge in [-0.1, -0.05) is 25.1 Å². The van der Waals surface area contributed by atoms with Crippen LogP contribution in [0.3, 0.4) is 0 Å². The molecule has 0 amide bonds. The van der Waals surface area contributed by atoms with Gasteiger partial charge in [0.1, 0.15) is 0 Å². The standard InChI is InChI=1S/C16H16N2O6S/c1-3-11-6-4-5-7-13(11)17-25(22,23)15-9-8-12(16(19)24-2)10-14(15)18(20)21/h4-10,17H,3H2,1-2H3. The molecule has 0 bridgehead atoms. The Hall–Kier alpha value is -2.94. The number of anilines is 1. The van der Waals surface area contributed by atoms with E-state index in [2.05, 4.69) is 9.46 Å². The number of nitrogens with one attached hydrogen (secondary N) is 1. The topological polar surface area (TPSA) is 116 Å². The van der Waals surface area contributed by atoms with Gasteiger partial charge in [0.25, 0.3) is 15.7 Å². The summed E-state index contributed by atoms with van der Waals surface area (Å²) >= 11 is 0. The van der Waals surface area contributed by atoms with Gasteiger partial charge in [0.2, 0.25) is 0 Å². The zero-order valence-corrected chi connectivity index (χ0v) is 14.4.